The molecule has 0 radical (unpaired) electrons. The van der Waals surface area contributed by atoms with Crippen molar-refractivity contribution in [1.82, 2.24) is 9.97 Å². The number of nitrogens with zero attached hydrogens (tertiary/aromatic N) is 2. The predicted molar refractivity (Wildman–Crippen MR) is 40.4 cm³/mol. The molecule has 0 saturated heterocycles. The maximum Gasteiger partial charge on any atom is 0.223 e. The summed E-state index contributed by atoms with van der Waals surface area (Å²) < 4.78 is 5.23. The van der Waals surface area contributed by atoms with Gasteiger partial charge in [0.25, 0.3) is 0 Å². The summed E-state index contributed by atoms with van der Waals surface area (Å²) in [5, 5.41) is 0. The van der Waals surface area contributed by atoms with E-state index in [0.717, 1.165) is 17.7 Å². The molecular weight excluding hydrogens is 142 g/mol. The molecule has 1 aromatic heterocycles. The summed E-state index contributed by atoms with van der Waals surface area (Å²) >= 11 is 0. The van der Waals surface area contributed by atoms with E-state index < -0.39 is 0 Å². The molecule has 0 spiro atoms. The minimum Gasteiger partial charge on any atom is -0.477 e. The van der Waals surface area contributed by atoms with E-state index in [1.165, 1.54) is 0 Å². The fourth-order valence-corrected chi connectivity index (χ4v) is 1.25. The highest BCUT2D eigenvalue weighted by Crippen LogP contribution is 2.24. The van der Waals surface area contributed by atoms with Crippen molar-refractivity contribution in [3.8, 4) is 5.88 Å². The second-order valence-corrected chi connectivity index (χ2v) is 2.55. The van der Waals surface area contributed by atoms with Gasteiger partial charge in [0.15, 0.2) is 0 Å². The summed E-state index contributed by atoms with van der Waals surface area (Å²) in [4.78, 5) is 7.99. The Morgan fingerprint density at radius 3 is 3.09 bits per heavy atom. The number of aromatic nitrogens is 2. The van der Waals surface area contributed by atoms with Crippen LogP contribution in [0.15, 0.2) is 0 Å². The largest absolute Gasteiger partial charge is 0.477 e. The molecule has 11 heavy (non-hydrogen) atoms. The Labute approximate surface area is 64.4 Å². The fourth-order valence-electron chi connectivity index (χ4n) is 1.25. The molecule has 0 bridgehead atoms. The van der Waals surface area contributed by atoms with Crippen molar-refractivity contribution in [3.63, 3.8) is 0 Å². The lowest BCUT2D eigenvalue weighted by Crippen LogP contribution is -1.99. The SMILES string of the molecule is Cc1nc(N)nc2c1CCO2. The van der Waals surface area contributed by atoms with E-state index in [2.05, 4.69) is 9.97 Å². The molecular formula is C7H9N3O. The summed E-state index contributed by atoms with van der Waals surface area (Å²) in [5.74, 6) is 0.957. The first-order valence-electron chi connectivity index (χ1n) is 3.53. The zero-order valence-electron chi connectivity index (χ0n) is 6.29. The first-order chi connectivity index (χ1) is 5.27. The molecule has 0 unspecified atom stereocenters. The van der Waals surface area contributed by atoms with Gasteiger partial charge >= 0.3 is 0 Å². The zero-order valence-corrected chi connectivity index (χ0v) is 6.29. The lowest BCUT2D eigenvalue weighted by atomic mass is 10.2. The van der Waals surface area contributed by atoms with Gasteiger partial charge in [-0.15, -0.1) is 0 Å². The summed E-state index contributed by atoms with van der Waals surface area (Å²) in [5.41, 5.74) is 7.46. The monoisotopic (exact) mass is 151 g/mol. The summed E-state index contributed by atoms with van der Waals surface area (Å²) in [7, 11) is 0. The summed E-state index contributed by atoms with van der Waals surface area (Å²) in [6, 6.07) is 0. The number of aryl methyl sites for hydroxylation is 1. The number of ether oxygens (including phenoxy) is 1. The molecule has 0 saturated carbocycles. The second-order valence-electron chi connectivity index (χ2n) is 2.55. The molecule has 58 valence electrons. The molecule has 4 heteroatoms. The van der Waals surface area contributed by atoms with Crippen molar-refractivity contribution in [3.05, 3.63) is 11.3 Å². The van der Waals surface area contributed by atoms with Gasteiger partial charge in [0.1, 0.15) is 0 Å². The molecule has 1 aromatic rings. The van der Waals surface area contributed by atoms with Crippen LogP contribution in [0.1, 0.15) is 11.3 Å². The van der Waals surface area contributed by atoms with E-state index in [1.807, 2.05) is 6.92 Å². The first-order valence-corrected chi connectivity index (χ1v) is 3.53. The van der Waals surface area contributed by atoms with Crippen LogP contribution in [0.25, 0.3) is 0 Å². The van der Waals surface area contributed by atoms with Gasteiger partial charge in [-0.25, -0.2) is 4.98 Å². The Hall–Kier alpha value is -1.32. The highest BCUT2D eigenvalue weighted by Gasteiger charge is 2.17. The normalized spacial score (nSPS) is 14.3. The van der Waals surface area contributed by atoms with Gasteiger partial charge in [-0.1, -0.05) is 0 Å². The number of nitrogens with two attached hydrogens (primary N) is 1. The molecule has 2 heterocycles. The van der Waals surface area contributed by atoms with Gasteiger partial charge in [0.05, 0.1) is 12.3 Å². The second kappa shape index (κ2) is 2.08. The molecule has 0 atom stereocenters. The van der Waals surface area contributed by atoms with E-state index in [1.54, 1.807) is 0 Å². The molecule has 0 amide bonds. The molecule has 4 nitrogen and oxygen atoms in total. The number of hydrogen-bond acceptors (Lipinski definition) is 4. The average molecular weight is 151 g/mol. The van der Waals surface area contributed by atoms with Gasteiger partial charge in [0.2, 0.25) is 11.8 Å². The minimum atomic E-state index is 0.295. The average Bonchev–Trinajstić information content (AvgIpc) is 2.34. The Balaban J connectivity index is 2.60. The highest BCUT2D eigenvalue weighted by molar-refractivity contribution is 5.37. The third-order valence-corrected chi connectivity index (χ3v) is 1.78. The zero-order chi connectivity index (χ0) is 7.84. The van der Waals surface area contributed by atoms with Crippen LogP contribution >= 0.6 is 0 Å². The first kappa shape index (κ1) is 6.39. The molecule has 0 aliphatic carbocycles. The van der Waals surface area contributed by atoms with Gasteiger partial charge in [-0.2, -0.15) is 4.98 Å². The number of fused-ring (bicyclic) bond motifs is 1. The van der Waals surface area contributed by atoms with Crippen LogP contribution in [-0.4, -0.2) is 16.6 Å². The summed E-state index contributed by atoms with van der Waals surface area (Å²) in [6.45, 7) is 2.62. The van der Waals surface area contributed by atoms with E-state index in [0.29, 0.717) is 18.4 Å². The number of nitrogen functional groups attached to an aromatic ring is 1. The van der Waals surface area contributed by atoms with E-state index in [4.69, 9.17) is 10.5 Å². The standard InChI is InChI=1S/C7H9N3O/c1-4-5-2-3-11-6(5)10-7(8)9-4/h2-3H2,1H3,(H2,8,9,10). The molecule has 1 aliphatic rings. The quantitative estimate of drug-likeness (QED) is 0.579. The topological polar surface area (TPSA) is 61.0 Å². The minimum absolute atomic E-state index is 0.295. The van der Waals surface area contributed by atoms with E-state index >= 15 is 0 Å². The van der Waals surface area contributed by atoms with Crippen LogP contribution in [0.3, 0.4) is 0 Å². The Kier molecular flexibility index (Phi) is 1.21. The Morgan fingerprint density at radius 2 is 2.27 bits per heavy atom. The van der Waals surface area contributed by atoms with E-state index in [9.17, 15) is 0 Å². The van der Waals surface area contributed by atoms with Crippen LogP contribution in [0, 0.1) is 6.92 Å². The Morgan fingerprint density at radius 1 is 1.45 bits per heavy atom. The van der Waals surface area contributed by atoms with E-state index in [-0.39, 0.29) is 0 Å². The van der Waals surface area contributed by atoms with Gasteiger partial charge in [0, 0.05) is 12.0 Å². The van der Waals surface area contributed by atoms with Crippen LogP contribution in [-0.2, 0) is 6.42 Å². The molecule has 2 rings (SSSR count). The lowest BCUT2D eigenvalue weighted by molar-refractivity contribution is 0.345. The number of hydrogen-bond donors (Lipinski definition) is 1. The van der Waals surface area contributed by atoms with Crippen molar-refractivity contribution in [2.75, 3.05) is 12.3 Å². The number of anilines is 1. The summed E-state index contributed by atoms with van der Waals surface area (Å²) in [6.07, 6.45) is 0.904. The highest BCUT2D eigenvalue weighted by atomic mass is 16.5. The molecule has 0 fully saturated rings. The smallest absolute Gasteiger partial charge is 0.223 e. The Bertz CT molecular complexity index is 298. The number of rotatable bonds is 0. The maximum absolute atomic E-state index is 5.43. The molecule has 1 aliphatic heterocycles. The van der Waals surface area contributed by atoms with Gasteiger partial charge in [-0.3, -0.25) is 0 Å². The van der Waals surface area contributed by atoms with Crippen LogP contribution < -0.4 is 10.5 Å². The maximum atomic E-state index is 5.43. The van der Waals surface area contributed by atoms with Gasteiger partial charge in [-0.05, 0) is 6.92 Å². The fraction of sp³-hybridized carbons (Fsp3) is 0.429. The van der Waals surface area contributed by atoms with Crippen LogP contribution in [0.5, 0.6) is 5.88 Å². The van der Waals surface area contributed by atoms with Crippen LogP contribution in [0.4, 0.5) is 5.95 Å². The van der Waals surface area contributed by atoms with Gasteiger partial charge < -0.3 is 10.5 Å². The van der Waals surface area contributed by atoms with Crippen molar-refractivity contribution >= 4 is 5.95 Å². The van der Waals surface area contributed by atoms with Crippen LogP contribution in [0.2, 0.25) is 0 Å². The van der Waals surface area contributed by atoms with Crippen molar-refractivity contribution < 1.29 is 4.74 Å². The lowest BCUT2D eigenvalue weighted by Gasteiger charge is -2.00. The molecule has 0 aromatic carbocycles. The molecule has 2 N–H and O–H groups in total. The van der Waals surface area contributed by atoms with Crippen molar-refractivity contribution in [2.45, 2.75) is 13.3 Å². The predicted octanol–water partition coefficient (Wildman–Crippen LogP) is 0.302. The third kappa shape index (κ3) is 0.906. The van der Waals surface area contributed by atoms with Crippen molar-refractivity contribution in [2.24, 2.45) is 0 Å². The third-order valence-electron chi connectivity index (χ3n) is 1.78. The van der Waals surface area contributed by atoms with Crippen molar-refractivity contribution in [1.29, 1.82) is 0 Å².